The summed E-state index contributed by atoms with van der Waals surface area (Å²) < 4.78 is 8.90. The van der Waals surface area contributed by atoms with Gasteiger partial charge in [0.15, 0.2) is 0 Å². The molecule has 0 aliphatic carbocycles. The van der Waals surface area contributed by atoms with E-state index in [9.17, 15) is 15.3 Å². The zero-order chi connectivity index (χ0) is 32.6. The fourth-order valence-electron chi connectivity index (χ4n) is 4.58. The van der Waals surface area contributed by atoms with Gasteiger partial charge < -0.3 is 20.1 Å². The van der Waals surface area contributed by atoms with Crippen molar-refractivity contribution in [1.82, 2.24) is 29.5 Å². The largest absolute Gasteiger partial charge is 0.508 e. The van der Waals surface area contributed by atoms with Gasteiger partial charge in [-0.25, -0.2) is 19.3 Å². The molecule has 10 nitrogen and oxygen atoms in total. The second-order valence-electron chi connectivity index (χ2n) is 10.3. The number of phenols is 1. The first-order valence-corrected chi connectivity index (χ1v) is 15.4. The number of phenolic OH excluding ortho intramolecular Hbond substituents is 1. The van der Waals surface area contributed by atoms with Crippen molar-refractivity contribution in [2.45, 2.75) is 57.6 Å². The minimum Gasteiger partial charge on any atom is -0.508 e. The SMILES string of the molecule is CCC(O)(Cn1cncn1)c1ccc(O)cc1Cl.CCC(O)(Cn1cncn1)c1ccc(OCc2ccc(Cl)cc2Cl)cc1Cl. The summed E-state index contributed by atoms with van der Waals surface area (Å²) in [4.78, 5) is 7.74. The Kier molecular flexibility index (Phi) is 11.7. The minimum atomic E-state index is -1.16. The van der Waals surface area contributed by atoms with E-state index in [4.69, 9.17) is 51.1 Å². The standard InChI is InChI=1S/C19H18Cl3N3O2.C12H14ClN3O2/c1-2-19(26,10-25-12-23-11-24-25)16-6-5-15(8-18(16)22)27-9-13-3-4-14(20)7-17(13)21;1-2-12(18,6-16-8-14-7-15-16)10-4-3-9(17)5-11(10)13/h3-8,11-12,26H,2,9-10H2,1H3;3-5,7-8,17-18H,2,6H2,1H3. The number of aromatic hydroxyl groups is 1. The highest BCUT2D eigenvalue weighted by Gasteiger charge is 2.31. The molecule has 0 radical (unpaired) electrons. The summed E-state index contributed by atoms with van der Waals surface area (Å²) in [5.74, 6) is 0.650. The second-order valence-corrected chi connectivity index (χ2v) is 11.9. The van der Waals surface area contributed by atoms with E-state index in [0.717, 1.165) is 5.56 Å². The van der Waals surface area contributed by atoms with E-state index in [1.54, 1.807) is 52.1 Å². The third kappa shape index (κ3) is 8.88. The first kappa shape index (κ1) is 34.5. The van der Waals surface area contributed by atoms with Crippen LogP contribution >= 0.6 is 46.4 Å². The highest BCUT2D eigenvalue weighted by molar-refractivity contribution is 6.35. The van der Waals surface area contributed by atoms with Gasteiger partial charge in [0.25, 0.3) is 0 Å². The van der Waals surface area contributed by atoms with E-state index in [1.165, 1.54) is 31.1 Å². The third-order valence-corrected chi connectivity index (χ3v) is 8.47. The number of rotatable bonds is 11. The van der Waals surface area contributed by atoms with Gasteiger partial charge in [-0.05, 0) is 49.2 Å². The summed E-state index contributed by atoms with van der Waals surface area (Å²) >= 11 is 24.6. The summed E-state index contributed by atoms with van der Waals surface area (Å²) in [5.41, 5.74) is -0.308. The molecule has 2 heterocycles. The summed E-state index contributed by atoms with van der Waals surface area (Å²) in [5, 5.41) is 41.0. The van der Waals surface area contributed by atoms with Gasteiger partial charge in [-0.1, -0.05) is 78.5 Å². The van der Waals surface area contributed by atoms with Crippen molar-refractivity contribution < 1.29 is 20.1 Å². The molecule has 2 unspecified atom stereocenters. The maximum Gasteiger partial charge on any atom is 0.137 e. The zero-order valence-electron chi connectivity index (χ0n) is 24.5. The smallest absolute Gasteiger partial charge is 0.137 e. The molecule has 5 aromatic rings. The van der Waals surface area contributed by atoms with Crippen LogP contribution < -0.4 is 4.74 Å². The van der Waals surface area contributed by atoms with Gasteiger partial charge in [-0.15, -0.1) is 0 Å². The Morgan fingerprint density at radius 2 is 1.27 bits per heavy atom. The average molecular weight is 694 g/mol. The molecule has 0 aliphatic rings. The van der Waals surface area contributed by atoms with Crippen LogP contribution in [0.4, 0.5) is 0 Å². The van der Waals surface area contributed by atoms with Gasteiger partial charge in [0.2, 0.25) is 0 Å². The Balaban J connectivity index is 0.000000222. The van der Waals surface area contributed by atoms with Crippen LogP contribution in [0, 0.1) is 0 Å². The molecule has 0 saturated carbocycles. The number of hydrogen-bond acceptors (Lipinski definition) is 8. The minimum absolute atomic E-state index is 0.0722. The monoisotopic (exact) mass is 692 g/mol. The van der Waals surface area contributed by atoms with Gasteiger partial charge in [0.05, 0.1) is 23.1 Å². The van der Waals surface area contributed by atoms with Crippen molar-refractivity contribution in [2.75, 3.05) is 0 Å². The lowest BCUT2D eigenvalue weighted by Gasteiger charge is -2.28. The molecule has 0 bridgehead atoms. The summed E-state index contributed by atoms with van der Waals surface area (Å²) in [6, 6.07) is 15.0. The summed E-state index contributed by atoms with van der Waals surface area (Å²) in [7, 11) is 0. The molecule has 0 saturated heterocycles. The maximum atomic E-state index is 11.1. The van der Waals surface area contributed by atoms with E-state index in [1.807, 2.05) is 19.9 Å². The molecule has 14 heteroatoms. The molecular formula is C31H32Cl4N6O4. The topological polar surface area (TPSA) is 131 Å². The van der Waals surface area contributed by atoms with Crippen molar-refractivity contribution in [2.24, 2.45) is 0 Å². The van der Waals surface area contributed by atoms with E-state index >= 15 is 0 Å². The number of nitrogens with zero attached hydrogens (tertiary/aromatic N) is 6. The number of aliphatic hydroxyl groups is 2. The zero-order valence-corrected chi connectivity index (χ0v) is 27.5. The molecule has 238 valence electrons. The molecule has 0 amide bonds. The number of ether oxygens (including phenoxy) is 1. The Labute approximate surface area is 280 Å². The van der Waals surface area contributed by atoms with Crippen molar-refractivity contribution >= 4 is 46.4 Å². The lowest BCUT2D eigenvalue weighted by Crippen LogP contribution is -2.31. The predicted molar refractivity (Wildman–Crippen MR) is 174 cm³/mol. The van der Waals surface area contributed by atoms with E-state index in [-0.39, 0.29) is 25.4 Å². The van der Waals surface area contributed by atoms with Gasteiger partial charge in [0, 0.05) is 26.7 Å². The first-order valence-electron chi connectivity index (χ1n) is 13.9. The van der Waals surface area contributed by atoms with Crippen molar-refractivity contribution in [3.8, 4) is 11.5 Å². The Morgan fingerprint density at radius 1 is 0.711 bits per heavy atom. The Bertz CT molecular complexity index is 1690. The van der Waals surface area contributed by atoms with Crippen molar-refractivity contribution in [3.63, 3.8) is 0 Å². The fourth-order valence-corrected chi connectivity index (χ4v) is 5.74. The first-order chi connectivity index (χ1) is 21.5. The van der Waals surface area contributed by atoms with Crippen molar-refractivity contribution in [3.05, 3.63) is 117 Å². The number of benzene rings is 3. The molecule has 0 spiro atoms. The highest BCUT2D eigenvalue weighted by atomic mass is 35.5. The van der Waals surface area contributed by atoms with Crippen molar-refractivity contribution in [1.29, 1.82) is 0 Å². The van der Waals surface area contributed by atoms with Crippen LogP contribution in [0.3, 0.4) is 0 Å². The van der Waals surface area contributed by atoms with Gasteiger partial charge in [-0.2, -0.15) is 10.2 Å². The Morgan fingerprint density at radius 3 is 1.73 bits per heavy atom. The molecule has 5 rings (SSSR count). The van der Waals surface area contributed by atoms with Crippen LogP contribution in [0.5, 0.6) is 11.5 Å². The quantitative estimate of drug-likeness (QED) is 0.134. The normalized spacial score (nSPS) is 13.8. The lowest BCUT2D eigenvalue weighted by atomic mass is 9.91. The van der Waals surface area contributed by atoms with Gasteiger partial charge in [0.1, 0.15) is 54.6 Å². The molecule has 2 aromatic heterocycles. The number of hydrogen-bond donors (Lipinski definition) is 3. The van der Waals surface area contributed by atoms with Gasteiger partial charge in [-0.3, -0.25) is 0 Å². The highest BCUT2D eigenvalue weighted by Crippen LogP contribution is 2.36. The predicted octanol–water partition coefficient (Wildman–Crippen LogP) is 7.05. The Hall–Kier alpha value is -3.38. The molecule has 3 N–H and O–H groups in total. The van der Waals surface area contributed by atoms with Crippen LogP contribution in [-0.2, 0) is 30.9 Å². The third-order valence-electron chi connectivity index (χ3n) is 7.26. The summed E-state index contributed by atoms with van der Waals surface area (Å²) in [6.45, 7) is 4.54. The van der Waals surface area contributed by atoms with Crippen LogP contribution in [-0.4, -0.2) is 44.8 Å². The lowest BCUT2D eigenvalue weighted by molar-refractivity contribution is 0.0106. The maximum absolute atomic E-state index is 11.1. The molecule has 45 heavy (non-hydrogen) atoms. The summed E-state index contributed by atoms with van der Waals surface area (Å²) in [6.07, 6.45) is 6.87. The second kappa shape index (κ2) is 15.3. The molecule has 0 fully saturated rings. The number of aromatic nitrogens is 6. The molecular weight excluding hydrogens is 662 g/mol. The number of halogens is 4. The molecule has 3 aromatic carbocycles. The molecule has 0 aliphatic heterocycles. The average Bonchev–Trinajstić information content (AvgIpc) is 3.71. The van der Waals surface area contributed by atoms with Crippen LogP contribution in [0.2, 0.25) is 20.1 Å². The van der Waals surface area contributed by atoms with Gasteiger partial charge >= 0.3 is 0 Å². The van der Waals surface area contributed by atoms with E-state index in [2.05, 4.69) is 20.2 Å². The van der Waals surface area contributed by atoms with Crippen LogP contribution in [0.25, 0.3) is 0 Å². The fraction of sp³-hybridized carbons (Fsp3) is 0.290. The van der Waals surface area contributed by atoms with E-state index in [0.29, 0.717) is 49.8 Å². The molecule has 2 atom stereocenters. The van der Waals surface area contributed by atoms with E-state index < -0.39 is 11.2 Å². The van der Waals surface area contributed by atoms with Crippen LogP contribution in [0.1, 0.15) is 43.4 Å². The van der Waals surface area contributed by atoms with Crippen LogP contribution in [0.15, 0.2) is 79.9 Å².